The molecule has 2 aromatic carbocycles. The number of carbonyl (C=O) groups is 1. The van der Waals surface area contributed by atoms with Gasteiger partial charge >= 0.3 is 0 Å². The molecule has 0 unspecified atom stereocenters. The zero-order chi connectivity index (χ0) is 20.4. The van der Waals surface area contributed by atoms with Gasteiger partial charge in [0.15, 0.2) is 0 Å². The number of aryl methyl sites for hydroxylation is 1. The van der Waals surface area contributed by atoms with E-state index in [0.29, 0.717) is 32.5 Å². The first-order valence-electron chi connectivity index (χ1n) is 10.1. The van der Waals surface area contributed by atoms with Gasteiger partial charge in [-0.15, -0.1) is 0 Å². The van der Waals surface area contributed by atoms with Crippen LogP contribution in [0.1, 0.15) is 18.4 Å². The van der Waals surface area contributed by atoms with Crippen LogP contribution < -0.4 is 4.90 Å². The monoisotopic (exact) mass is 413 g/mol. The van der Waals surface area contributed by atoms with Crippen molar-refractivity contribution in [1.29, 1.82) is 0 Å². The molecule has 1 atom stereocenters. The highest BCUT2D eigenvalue weighted by molar-refractivity contribution is 7.89. The van der Waals surface area contributed by atoms with E-state index < -0.39 is 16.1 Å². The van der Waals surface area contributed by atoms with Crippen molar-refractivity contribution < 1.29 is 13.2 Å². The first-order valence-corrected chi connectivity index (χ1v) is 11.6. The molecule has 154 valence electrons. The topological polar surface area (TPSA) is 60.9 Å². The summed E-state index contributed by atoms with van der Waals surface area (Å²) in [5.74, 6) is -0.0640. The molecule has 0 spiro atoms. The molecule has 1 amide bonds. The predicted octanol–water partition coefficient (Wildman–Crippen LogP) is 2.50. The summed E-state index contributed by atoms with van der Waals surface area (Å²) in [6.45, 7) is 5.07. The number of amides is 1. The third-order valence-corrected chi connectivity index (χ3v) is 7.75. The van der Waals surface area contributed by atoms with E-state index in [4.69, 9.17) is 0 Å². The van der Waals surface area contributed by atoms with Crippen LogP contribution in [-0.2, 0) is 14.8 Å². The number of hydrogen-bond donors (Lipinski definition) is 0. The summed E-state index contributed by atoms with van der Waals surface area (Å²) in [5.41, 5.74) is 2.17. The van der Waals surface area contributed by atoms with E-state index in [-0.39, 0.29) is 10.8 Å². The second-order valence-electron chi connectivity index (χ2n) is 7.73. The van der Waals surface area contributed by atoms with Crippen LogP contribution in [0.25, 0.3) is 0 Å². The Hall–Kier alpha value is -2.38. The normalized spacial score (nSPS) is 20.8. The van der Waals surface area contributed by atoms with Crippen LogP contribution in [0.2, 0.25) is 0 Å². The maximum atomic E-state index is 13.2. The van der Waals surface area contributed by atoms with Gasteiger partial charge in [-0.05, 0) is 44.0 Å². The summed E-state index contributed by atoms with van der Waals surface area (Å²) in [7, 11) is -3.67. The Kier molecular flexibility index (Phi) is 5.61. The number of sulfonamides is 1. The maximum absolute atomic E-state index is 13.2. The molecule has 0 saturated carbocycles. The first-order chi connectivity index (χ1) is 14.0. The molecule has 2 heterocycles. The van der Waals surface area contributed by atoms with Crippen molar-refractivity contribution in [1.82, 2.24) is 9.21 Å². The summed E-state index contributed by atoms with van der Waals surface area (Å²) < 4.78 is 27.7. The van der Waals surface area contributed by atoms with Crippen LogP contribution in [0.5, 0.6) is 0 Å². The molecule has 29 heavy (non-hydrogen) atoms. The third kappa shape index (κ3) is 4.02. The van der Waals surface area contributed by atoms with Crippen molar-refractivity contribution in [3.05, 3.63) is 60.2 Å². The number of nitrogens with zero attached hydrogens (tertiary/aromatic N) is 3. The summed E-state index contributed by atoms with van der Waals surface area (Å²) in [6, 6.07) is 16.4. The van der Waals surface area contributed by atoms with Crippen molar-refractivity contribution in [3.63, 3.8) is 0 Å². The fourth-order valence-corrected chi connectivity index (χ4v) is 5.81. The second kappa shape index (κ2) is 8.16. The smallest absolute Gasteiger partial charge is 0.243 e. The Balaban J connectivity index is 1.45. The van der Waals surface area contributed by atoms with E-state index >= 15 is 0 Å². The number of anilines is 1. The highest BCUT2D eigenvalue weighted by Gasteiger charge is 2.41. The highest BCUT2D eigenvalue weighted by Crippen LogP contribution is 2.28. The predicted molar refractivity (Wildman–Crippen MR) is 113 cm³/mol. The van der Waals surface area contributed by atoms with Crippen molar-refractivity contribution >= 4 is 21.6 Å². The van der Waals surface area contributed by atoms with Crippen LogP contribution in [0.3, 0.4) is 0 Å². The molecule has 2 aliphatic heterocycles. The minimum atomic E-state index is -3.67. The quantitative estimate of drug-likeness (QED) is 0.773. The zero-order valence-corrected chi connectivity index (χ0v) is 17.5. The molecule has 2 fully saturated rings. The molecular weight excluding hydrogens is 386 g/mol. The van der Waals surface area contributed by atoms with Crippen molar-refractivity contribution in [2.75, 3.05) is 37.6 Å². The maximum Gasteiger partial charge on any atom is 0.243 e. The van der Waals surface area contributed by atoms with E-state index in [1.807, 2.05) is 30.0 Å². The van der Waals surface area contributed by atoms with Gasteiger partial charge in [0.2, 0.25) is 15.9 Å². The zero-order valence-electron chi connectivity index (χ0n) is 16.7. The average molecular weight is 414 g/mol. The van der Waals surface area contributed by atoms with Crippen LogP contribution in [0.4, 0.5) is 5.69 Å². The molecular formula is C22H27N3O3S. The van der Waals surface area contributed by atoms with Crippen LogP contribution >= 0.6 is 0 Å². The Morgan fingerprint density at radius 1 is 0.897 bits per heavy atom. The van der Waals surface area contributed by atoms with Gasteiger partial charge in [-0.25, -0.2) is 8.42 Å². The number of piperazine rings is 1. The van der Waals surface area contributed by atoms with Crippen LogP contribution in [0.15, 0.2) is 59.5 Å². The highest BCUT2D eigenvalue weighted by atomic mass is 32.2. The number of para-hydroxylation sites is 1. The molecule has 0 aromatic heterocycles. The van der Waals surface area contributed by atoms with Gasteiger partial charge in [0.05, 0.1) is 4.90 Å². The van der Waals surface area contributed by atoms with Gasteiger partial charge < -0.3 is 9.80 Å². The summed E-state index contributed by atoms with van der Waals surface area (Å²) in [4.78, 5) is 17.5. The largest absolute Gasteiger partial charge is 0.368 e. The molecule has 2 aliphatic rings. The van der Waals surface area contributed by atoms with E-state index in [0.717, 1.165) is 24.3 Å². The Morgan fingerprint density at radius 3 is 2.21 bits per heavy atom. The Bertz CT molecular complexity index is 953. The lowest BCUT2D eigenvalue weighted by molar-refractivity contribution is -0.134. The lowest BCUT2D eigenvalue weighted by Crippen LogP contribution is -2.54. The number of hydrogen-bond acceptors (Lipinski definition) is 4. The molecule has 7 heteroatoms. The Labute approximate surface area is 172 Å². The van der Waals surface area contributed by atoms with E-state index in [1.54, 1.807) is 24.3 Å². The van der Waals surface area contributed by atoms with Gasteiger partial charge in [-0.2, -0.15) is 4.31 Å². The third-order valence-electron chi connectivity index (χ3n) is 5.83. The van der Waals surface area contributed by atoms with Crippen molar-refractivity contribution in [2.24, 2.45) is 0 Å². The van der Waals surface area contributed by atoms with Gasteiger partial charge in [0.1, 0.15) is 6.04 Å². The molecule has 0 bridgehead atoms. The molecule has 0 radical (unpaired) electrons. The van der Waals surface area contributed by atoms with Gasteiger partial charge in [0, 0.05) is 38.4 Å². The van der Waals surface area contributed by atoms with Gasteiger partial charge in [0.25, 0.3) is 0 Å². The lowest BCUT2D eigenvalue weighted by atomic mass is 10.1. The molecule has 6 nitrogen and oxygen atoms in total. The fraction of sp³-hybridized carbons (Fsp3) is 0.409. The number of carbonyl (C=O) groups excluding carboxylic acids is 1. The van der Waals surface area contributed by atoms with Crippen LogP contribution in [-0.4, -0.2) is 62.3 Å². The molecule has 2 saturated heterocycles. The Morgan fingerprint density at radius 2 is 1.55 bits per heavy atom. The molecule has 0 aliphatic carbocycles. The van der Waals surface area contributed by atoms with Crippen molar-refractivity contribution in [3.8, 4) is 0 Å². The molecule has 4 rings (SSSR count). The summed E-state index contributed by atoms with van der Waals surface area (Å²) >= 11 is 0. The SMILES string of the molecule is Cc1ccc(S(=O)(=O)N2CCC[C@H]2C(=O)N2CCN(c3ccccc3)CC2)cc1. The summed E-state index contributed by atoms with van der Waals surface area (Å²) in [5, 5.41) is 0. The van der Waals surface area contributed by atoms with E-state index in [9.17, 15) is 13.2 Å². The summed E-state index contributed by atoms with van der Waals surface area (Å²) in [6.07, 6.45) is 1.30. The number of benzene rings is 2. The van der Waals surface area contributed by atoms with Gasteiger partial charge in [-0.3, -0.25) is 4.79 Å². The van der Waals surface area contributed by atoms with Crippen molar-refractivity contribution in [2.45, 2.75) is 30.7 Å². The van der Waals surface area contributed by atoms with E-state index in [1.165, 1.54) is 4.31 Å². The average Bonchev–Trinajstić information content (AvgIpc) is 3.25. The first kappa shape index (κ1) is 19.9. The van der Waals surface area contributed by atoms with Crippen LogP contribution in [0, 0.1) is 6.92 Å². The fourth-order valence-electron chi connectivity index (χ4n) is 4.15. The molecule has 2 aromatic rings. The van der Waals surface area contributed by atoms with Gasteiger partial charge in [-0.1, -0.05) is 35.9 Å². The minimum absolute atomic E-state index is 0.0640. The number of rotatable bonds is 4. The minimum Gasteiger partial charge on any atom is -0.368 e. The standard InChI is InChI=1S/C22H27N3O3S/c1-18-9-11-20(12-10-18)29(27,28)25-13-5-8-21(25)22(26)24-16-14-23(15-17-24)19-6-3-2-4-7-19/h2-4,6-7,9-12,21H,5,8,13-17H2,1H3/t21-/m0/s1. The second-order valence-corrected chi connectivity index (χ2v) is 9.63. The van der Waals surface area contributed by atoms with E-state index in [2.05, 4.69) is 17.0 Å². The lowest BCUT2D eigenvalue weighted by Gasteiger charge is -2.38. The molecule has 0 N–H and O–H groups in total.